The Kier molecular flexibility index (Phi) is 4.98. The number of amides is 1. The fraction of sp³-hybridized carbons (Fsp3) is 0.182. The Bertz CT molecular complexity index is 545. The van der Waals surface area contributed by atoms with E-state index in [1.807, 2.05) is 11.5 Å². The van der Waals surface area contributed by atoms with E-state index in [1.165, 1.54) is 24.3 Å². The average molecular weight is 262 g/mol. The summed E-state index contributed by atoms with van der Waals surface area (Å²) in [5, 5.41) is 22.3. The Morgan fingerprint density at radius 1 is 1.53 bits per heavy atom. The van der Waals surface area contributed by atoms with Crippen LogP contribution in [0.15, 0.2) is 29.4 Å². The van der Waals surface area contributed by atoms with Crippen molar-refractivity contribution in [3.63, 3.8) is 0 Å². The third kappa shape index (κ3) is 4.08. The molecule has 0 heterocycles. The Morgan fingerprint density at radius 3 is 2.63 bits per heavy atom. The molecule has 0 aromatic heterocycles. The van der Waals surface area contributed by atoms with Crippen molar-refractivity contribution in [2.75, 3.05) is 6.61 Å². The van der Waals surface area contributed by atoms with Crippen molar-refractivity contribution >= 4 is 11.9 Å². The van der Waals surface area contributed by atoms with Crippen molar-refractivity contribution in [3.05, 3.63) is 45.5 Å². The zero-order chi connectivity index (χ0) is 14.3. The first-order chi connectivity index (χ1) is 9.08. The summed E-state index contributed by atoms with van der Waals surface area (Å²) in [5.41, 5.74) is 2.63. The summed E-state index contributed by atoms with van der Waals surface area (Å²) < 4.78 is 4.62. The number of hydrogen-bond donors (Lipinski definition) is 1. The molecule has 1 N–H and O–H groups in total. The second-order valence-corrected chi connectivity index (χ2v) is 3.21. The molecule has 0 spiro atoms. The molecule has 8 nitrogen and oxygen atoms in total. The molecule has 0 aliphatic heterocycles. The predicted molar refractivity (Wildman–Crippen MR) is 64.7 cm³/mol. The number of nitro groups is 1. The average Bonchev–Trinajstić information content (AvgIpc) is 2.42. The minimum atomic E-state index is -0.845. The van der Waals surface area contributed by atoms with E-state index < -0.39 is 16.9 Å². The maximum atomic E-state index is 11.6. The predicted octanol–water partition coefficient (Wildman–Crippen LogP) is 0.872. The van der Waals surface area contributed by atoms with Crippen LogP contribution in [0.2, 0.25) is 0 Å². The van der Waals surface area contributed by atoms with Crippen LogP contribution in [0, 0.1) is 21.4 Å². The minimum absolute atomic E-state index is 0.0621. The molecule has 0 radical (unpaired) electrons. The summed E-state index contributed by atoms with van der Waals surface area (Å²) >= 11 is 0. The van der Waals surface area contributed by atoms with E-state index in [-0.39, 0.29) is 12.2 Å². The molecule has 0 aliphatic rings. The number of carbonyl (C=O) groups excluding carboxylic acids is 1. The van der Waals surface area contributed by atoms with Crippen molar-refractivity contribution in [2.24, 2.45) is 5.10 Å². The number of nitrogens with one attached hydrogen (secondary N) is 1. The molecule has 0 bridgehead atoms. The monoisotopic (exact) mass is 262 g/mol. The van der Waals surface area contributed by atoms with Crippen LogP contribution < -0.4 is 5.43 Å². The zero-order valence-electron chi connectivity index (χ0n) is 9.99. The van der Waals surface area contributed by atoms with Gasteiger partial charge in [0.2, 0.25) is 0 Å². The fourth-order valence-electron chi connectivity index (χ4n) is 1.11. The van der Waals surface area contributed by atoms with Gasteiger partial charge in [-0.25, -0.2) is 0 Å². The van der Waals surface area contributed by atoms with Gasteiger partial charge in [-0.3, -0.25) is 4.79 Å². The maximum Gasteiger partial charge on any atom is 0.562 e. The lowest BCUT2D eigenvalue weighted by atomic mass is 10.1. The number of hydrogen-bond acceptors (Lipinski definition) is 6. The summed E-state index contributed by atoms with van der Waals surface area (Å²) in [5.74, 6) is -0.636. The molecule has 1 amide bonds. The normalized spacial score (nSPS) is 10.4. The highest BCUT2D eigenvalue weighted by Crippen LogP contribution is 2.03. The fourth-order valence-corrected chi connectivity index (χ4v) is 1.11. The number of benzene rings is 1. The van der Waals surface area contributed by atoms with Crippen molar-refractivity contribution < 1.29 is 14.5 Å². The van der Waals surface area contributed by atoms with E-state index >= 15 is 0 Å². The SMILES string of the molecule is CCO/C(=N/NC(=O)c1ccc(C#N)cc1)[N+](=O)[O-]. The molecule has 98 valence electrons. The number of hydrazone groups is 1. The van der Waals surface area contributed by atoms with Gasteiger partial charge in [0.25, 0.3) is 5.91 Å². The first-order valence-electron chi connectivity index (χ1n) is 5.23. The highest BCUT2D eigenvalue weighted by atomic mass is 16.7. The molecule has 0 unspecified atom stereocenters. The van der Waals surface area contributed by atoms with Crippen LogP contribution in [-0.4, -0.2) is 23.5 Å². The van der Waals surface area contributed by atoms with Gasteiger partial charge >= 0.3 is 6.02 Å². The van der Waals surface area contributed by atoms with Crippen LogP contribution >= 0.6 is 0 Å². The van der Waals surface area contributed by atoms with Gasteiger partial charge in [0.15, 0.2) is 0 Å². The topological polar surface area (TPSA) is 118 Å². The Morgan fingerprint density at radius 2 is 2.16 bits per heavy atom. The molecule has 19 heavy (non-hydrogen) atoms. The molecule has 1 aromatic carbocycles. The van der Waals surface area contributed by atoms with Crippen LogP contribution in [0.3, 0.4) is 0 Å². The highest BCUT2D eigenvalue weighted by molar-refractivity contribution is 5.94. The van der Waals surface area contributed by atoms with Gasteiger partial charge in [0.1, 0.15) is 5.10 Å². The second-order valence-electron chi connectivity index (χ2n) is 3.21. The van der Waals surface area contributed by atoms with Crippen LogP contribution in [0.25, 0.3) is 0 Å². The maximum absolute atomic E-state index is 11.6. The van der Waals surface area contributed by atoms with Crippen LogP contribution in [0.4, 0.5) is 0 Å². The van der Waals surface area contributed by atoms with Gasteiger partial charge in [0, 0.05) is 10.5 Å². The lowest BCUT2D eigenvalue weighted by molar-refractivity contribution is -0.375. The Labute approximate surface area is 108 Å². The van der Waals surface area contributed by atoms with Crippen molar-refractivity contribution in [1.82, 2.24) is 5.43 Å². The summed E-state index contributed by atoms with van der Waals surface area (Å²) in [4.78, 5) is 21.2. The lowest BCUT2D eigenvalue weighted by Gasteiger charge is -1.99. The van der Waals surface area contributed by atoms with E-state index in [2.05, 4.69) is 9.84 Å². The number of nitriles is 1. The molecular weight excluding hydrogens is 252 g/mol. The van der Waals surface area contributed by atoms with E-state index in [9.17, 15) is 14.9 Å². The van der Waals surface area contributed by atoms with E-state index in [1.54, 1.807) is 6.92 Å². The first kappa shape index (κ1) is 14.1. The van der Waals surface area contributed by atoms with Crippen molar-refractivity contribution in [2.45, 2.75) is 6.92 Å². The van der Waals surface area contributed by atoms with Gasteiger partial charge in [-0.15, -0.1) is 5.43 Å². The minimum Gasteiger partial charge on any atom is -0.424 e. The van der Waals surface area contributed by atoms with Gasteiger partial charge in [0.05, 0.1) is 18.2 Å². The highest BCUT2D eigenvalue weighted by Gasteiger charge is 2.16. The van der Waals surface area contributed by atoms with Gasteiger partial charge in [-0.1, -0.05) is 0 Å². The smallest absolute Gasteiger partial charge is 0.424 e. The number of amidine groups is 1. The van der Waals surface area contributed by atoms with E-state index in [4.69, 9.17) is 5.26 Å². The van der Waals surface area contributed by atoms with Crippen LogP contribution in [0.1, 0.15) is 22.8 Å². The summed E-state index contributed by atoms with van der Waals surface area (Å²) in [6.07, 6.45) is 0. The molecule has 1 rings (SSSR count). The van der Waals surface area contributed by atoms with Gasteiger partial charge in [-0.2, -0.15) is 5.26 Å². The van der Waals surface area contributed by atoms with E-state index in [0.717, 1.165) is 0 Å². The molecule has 1 aromatic rings. The second kappa shape index (κ2) is 6.70. The molecule has 0 fully saturated rings. The third-order valence-corrected chi connectivity index (χ3v) is 1.96. The molecule has 0 aliphatic carbocycles. The standard InChI is InChI=1S/C11H10N4O4/c1-2-19-11(15(17)18)14-13-10(16)9-5-3-8(7-12)4-6-9/h3-6H,2H2,1H3,(H,13,16)/b14-11+. The van der Waals surface area contributed by atoms with Gasteiger partial charge < -0.3 is 14.9 Å². The molecule has 8 heteroatoms. The molecule has 0 saturated heterocycles. The molecular formula is C11H10N4O4. The number of ether oxygens (including phenoxy) is 1. The zero-order valence-corrected chi connectivity index (χ0v) is 9.99. The summed E-state index contributed by atoms with van der Waals surface area (Å²) in [6.45, 7) is 1.62. The number of rotatable bonds is 3. The van der Waals surface area contributed by atoms with Gasteiger partial charge in [-0.05, 0) is 31.2 Å². The van der Waals surface area contributed by atoms with E-state index in [0.29, 0.717) is 5.56 Å². The molecule has 0 saturated carbocycles. The third-order valence-electron chi connectivity index (χ3n) is 1.96. The van der Waals surface area contributed by atoms with Crippen molar-refractivity contribution in [1.29, 1.82) is 5.26 Å². The quantitative estimate of drug-likeness (QED) is 0.375. The summed E-state index contributed by atoms with van der Waals surface area (Å²) in [7, 11) is 0. The molecule has 0 atom stereocenters. The number of carbonyl (C=O) groups is 1. The van der Waals surface area contributed by atoms with Crippen LogP contribution in [-0.2, 0) is 4.74 Å². The number of nitrogens with zero attached hydrogens (tertiary/aromatic N) is 3. The Balaban J connectivity index is 2.76. The Hall–Kier alpha value is -2.95. The lowest BCUT2D eigenvalue weighted by Crippen LogP contribution is -2.24. The first-order valence-corrected chi connectivity index (χ1v) is 5.23. The van der Waals surface area contributed by atoms with Crippen LogP contribution in [0.5, 0.6) is 0 Å². The largest absolute Gasteiger partial charge is 0.562 e. The summed E-state index contributed by atoms with van der Waals surface area (Å²) in [6, 6.07) is 6.85. The van der Waals surface area contributed by atoms with Crippen molar-refractivity contribution in [3.8, 4) is 6.07 Å².